The summed E-state index contributed by atoms with van der Waals surface area (Å²) < 4.78 is 5.64. The van der Waals surface area contributed by atoms with E-state index in [9.17, 15) is 9.59 Å². The fourth-order valence-corrected chi connectivity index (χ4v) is 4.81. The van der Waals surface area contributed by atoms with Gasteiger partial charge >= 0.3 is 0 Å². The minimum absolute atomic E-state index is 0.00285. The molecule has 4 rings (SSSR count). The number of aromatic nitrogens is 1. The normalized spacial score (nSPS) is 15.3. The number of hydrogen-bond donors (Lipinski definition) is 0. The Morgan fingerprint density at radius 1 is 0.919 bits per heavy atom. The number of anilines is 1. The van der Waals surface area contributed by atoms with Crippen LogP contribution in [0.15, 0.2) is 72.9 Å². The fraction of sp³-hybridized carbons (Fsp3) is 0.367. The van der Waals surface area contributed by atoms with E-state index in [2.05, 4.69) is 9.88 Å². The molecule has 1 aliphatic rings. The van der Waals surface area contributed by atoms with Crippen molar-refractivity contribution >= 4 is 17.5 Å². The maximum Gasteiger partial charge on any atom is 0.254 e. The van der Waals surface area contributed by atoms with Crippen molar-refractivity contribution in [1.29, 1.82) is 0 Å². The molecule has 0 aliphatic carbocycles. The molecule has 37 heavy (non-hydrogen) atoms. The van der Waals surface area contributed by atoms with Gasteiger partial charge in [0.2, 0.25) is 5.91 Å². The number of pyridine rings is 1. The first kappa shape index (κ1) is 26.4. The number of para-hydroxylation sites is 1. The van der Waals surface area contributed by atoms with Crippen molar-refractivity contribution in [3.8, 4) is 5.75 Å². The van der Waals surface area contributed by atoms with Crippen molar-refractivity contribution < 1.29 is 14.3 Å². The average Bonchev–Trinajstić information content (AvgIpc) is 2.90. The van der Waals surface area contributed by atoms with E-state index in [0.717, 1.165) is 49.4 Å². The van der Waals surface area contributed by atoms with Crippen molar-refractivity contribution in [1.82, 2.24) is 14.8 Å². The highest BCUT2D eigenvalue weighted by Gasteiger charge is 2.22. The van der Waals surface area contributed by atoms with Gasteiger partial charge in [0.15, 0.2) is 0 Å². The van der Waals surface area contributed by atoms with Crippen LogP contribution < -0.4 is 9.64 Å². The van der Waals surface area contributed by atoms with Gasteiger partial charge in [0.25, 0.3) is 5.91 Å². The van der Waals surface area contributed by atoms with Gasteiger partial charge < -0.3 is 14.5 Å². The van der Waals surface area contributed by atoms with Crippen molar-refractivity contribution in [3.63, 3.8) is 0 Å². The lowest BCUT2D eigenvalue weighted by molar-refractivity contribution is -0.116. The highest BCUT2D eigenvalue weighted by molar-refractivity contribution is 5.95. The average molecular weight is 501 g/mol. The van der Waals surface area contributed by atoms with Crippen LogP contribution >= 0.6 is 0 Å². The molecule has 7 nitrogen and oxygen atoms in total. The zero-order chi connectivity index (χ0) is 26.0. The van der Waals surface area contributed by atoms with E-state index in [-0.39, 0.29) is 11.8 Å². The molecule has 2 amide bonds. The van der Waals surface area contributed by atoms with Crippen molar-refractivity contribution in [3.05, 3.63) is 89.7 Å². The molecular weight excluding hydrogens is 464 g/mol. The van der Waals surface area contributed by atoms with Gasteiger partial charge in [-0.25, -0.2) is 0 Å². The summed E-state index contributed by atoms with van der Waals surface area (Å²) in [7, 11) is 0. The second-order valence-corrected chi connectivity index (χ2v) is 9.29. The van der Waals surface area contributed by atoms with Crippen molar-refractivity contribution in [2.75, 3.05) is 37.7 Å². The van der Waals surface area contributed by atoms with Crippen LogP contribution in [-0.4, -0.2) is 59.4 Å². The topological polar surface area (TPSA) is 66.0 Å². The maximum absolute atomic E-state index is 13.7. The number of amides is 2. The zero-order valence-electron chi connectivity index (χ0n) is 21.8. The molecule has 2 aromatic carbocycles. The van der Waals surface area contributed by atoms with Crippen molar-refractivity contribution in [2.24, 2.45) is 0 Å². The van der Waals surface area contributed by atoms with Gasteiger partial charge in [0, 0.05) is 63.6 Å². The largest absolute Gasteiger partial charge is 0.494 e. The summed E-state index contributed by atoms with van der Waals surface area (Å²) >= 11 is 0. The fourth-order valence-electron chi connectivity index (χ4n) is 4.81. The third-order valence-corrected chi connectivity index (χ3v) is 6.57. The van der Waals surface area contributed by atoms with Crippen LogP contribution in [0.5, 0.6) is 5.75 Å². The lowest BCUT2D eigenvalue weighted by atomic mass is 10.1. The van der Waals surface area contributed by atoms with Crippen LogP contribution in [-0.2, 0) is 17.9 Å². The molecule has 0 spiro atoms. The molecule has 1 aliphatic heterocycles. The molecule has 0 bridgehead atoms. The van der Waals surface area contributed by atoms with E-state index in [4.69, 9.17) is 4.74 Å². The molecular formula is C30H36N4O3. The van der Waals surface area contributed by atoms with Gasteiger partial charge in [-0.15, -0.1) is 0 Å². The molecule has 0 unspecified atom stereocenters. The lowest BCUT2D eigenvalue weighted by Crippen LogP contribution is -2.38. The van der Waals surface area contributed by atoms with E-state index in [0.29, 0.717) is 37.6 Å². The lowest BCUT2D eigenvalue weighted by Gasteiger charge is -2.31. The summed E-state index contributed by atoms with van der Waals surface area (Å²) in [5.41, 5.74) is 3.46. The molecule has 3 aromatic rings. The number of carbonyl (C=O) groups is 2. The second-order valence-electron chi connectivity index (χ2n) is 9.29. The predicted molar refractivity (Wildman–Crippen MR) is 146 cm³/mol. The molecule has 0 saturated carbocycles. The molecule has 2 heterocycles. The summed E-state index contributed by atoms with van der Waals surface area (Å²) in [6.07, 6.45) is 3.51. The van der Waals surface area contributed by atoms with Crippen LogP contribution in [0.25, 0.3) is 0 Å². The minimum Gasteiger partial charge on any atom is -0.494 e. The predicted octanol–water partition coefficient (Wildman–Crippen LogP) is 4.77. The van der Waals surface area contributed by atoms with Crippen LogP contribution in [0.2, 0.25) is 0 Å². The SMILES string of the molecule is CCOc1cccc(C(=O)N2CCCN(Cc3ccccn3)CCCN(C(C)=O)c3ccccc3C2)c1. The van der Waals surface area contributed by atoms with E-state index in [1.807, 2.05) is 89.7 Å². The van der Waals surface area contributed by atoms with Crippen LogP contribution in [0.1, 0.15) is 48.3 Å². The number of ether oxygens (including phenoxy) is 1. The van der Waals surface area contributed by atoms with Crippen molar-refractivity contribution in [2.45, 2.75) is 39.8 Å². The molecule has 0 saturated heterocycles. The molecule has 0 atom stereocenters. The first-order chi connectivity index (χ1) is 18.0. The number of hydrogen-bond acceptors (Lipinski definition) is 5. The number of carbonyl (C=O) groups excluding carboxylic acids is 2. The second kappa shape index (κ2) is 13.0. The molecule has 0 radical (unpaired) electrons. The summed E-state index contributed by atoms with van der Waals surface area (Å²) in [6.45, 7) is 8.14. The Morgan fingerprint density at radius 3 is 2.46 bits per heavy atom. The Labute approximate surface area is 219 Å². The van der Waals surface area contributed by atoms with E-state index >= 15 is 0 Å². The standard InChI is InChI=1S/C30H36N4O3/c1-3-37-28-14-8-12-25(21-28)30(36)33-19-9-17-32(23-27-13-6-7-16-31-27)18-10-20-34(24(2)35)29-15-5-4-11-26(29)22-33/h4-8,11-16,21H,3,9-10,17-20,22-23H2,1-2H3. The number of benzene rings is 2. The maximum atomic E-state index is 13.7. The molecule has 7 heteroatoms. The zero-order valence-corrected chi connectivity index (χ0v) is 21.8. The third kappa shape index (κ3) is 7.17. The molecule has 1 aromatic heterocycles. The van der Waals surface area contributed by atoms with Crippen LogP contribution in [0.4, 0.5) is 5.69 Å². The highest BCUT2D eigenvalue weighted by atomic mass is 16.5. The first-order valence-corrected chi connectivity index (χ1v) is 13.1. The van der Waals surface area contributed by atoms with Gasteiger partial charge in [-0.05, 0) is 61.7 Å². The molecule has 194 valence electrons. The van der Waals surface area contributed by atoms with Crippen LogP contribution in [0.3, 0.4) is 0 Å². The Balaban J connectivity index is 1.63. The summed E-state index contributed by atoms with van der Waals surface area (Å²) in [5.74, 6) is 0.648. The minimum atomic E-state index is -0.0425. The van der Waals surface area contributed by atoms with Gasteiger partial charge in [0.1, 0.15) is 5.75 Å². The van der Waals surface area contributed by atoms with E-state index in [1.165, 1.54) is 0 Å². The smallest absolute Gasteiger partial charge is 0.254 e. The number of fused-ring (bicyclic) bond motifs is 1. The highest BCUT2D eigenvalue weighted by Crippen LogP contribution is 2.25. The molecule has 0 fully saturated rings. The summed E-state index contributed by atoms with van der Waals surface area (Å²) in [6, 6.07) is 21.2. The Hall–Kier alpha value is -3.71. The summed E-state index contributed by atoms with van der Waals surface area (Å²) in [4.78, 5) is 37.0. The third-order valence-electron chi connectivity index (χ3n) is 6.57. The van der Waals surface area contributed by atoms with Gasteiger partial charge in [-0.1, -0.05) is 30.3 Å². The van der Waals surface area contributed by atoms with Gasteiger partial charge in [0.05, 0.1) is 12.3 Å². The quantitative estimate of drug-likeness (QED) is 0.505. The molecule has 0 N–H and O–H groups in total. The van der Waals surface area contributed by atoms with Crippen LogP contribution in [0, 0.1) is 0 Å². The van der Waals surface area contributed by atoms with E-state index < -0.39 is 0 Å². The Morgan fingerprint density at radius 2 is 1.70 bits per heavy atom. The van der Waals surface area contributed by atoms with E-state index in [1.54, 1.807) is 6.92 Å². The Kier molecular flexibility index (Phi) is 9.27. The van der Waals surface area contributed by atoms with Gasteiger partial charge in [-0.3, -0.25) is 19.5 Å². The van der Waals surface area contributed by atoms with Gasteiger partial charge in [-0.2, -0.15) is 0 Å². The number of nitrogens with zero attached hydrogens (tertiary/aromatic N) is 4. The Bertz CT molecular complexity index is 1180. The summed E-state index contributed by atoms with van der Waals surface area (Å²) in [5, 5.41) is 0. The first-order valence-electron chi connectivity index (χ1n) is 13.1. The monoisotopic (exact) mass is 500 g/mol. The number of rotatable bonds is 5.